The van der Waals surface area contributed by atoms with Crippen LogP contribution < -0.4 is 4.74 Å². The molecular weight excluding hydrogens is 201 g/mol. The van der Waals surface area contributed by atoms with Crippen molar-refractivity contribution in [2.45, 2.75) is 0 Å². The second kappa shape index (κ2) is 5.47. The van der Waals surface area contributed by atoms with Gasteiger partial charge in [0.2, 0.25) is 0 Å². The summed E-state index contributed by atoms with van der Waals surface area (Å²) in [5, 5.41) is 0. The van der Waals surface area contributed by atoms with E-state index in [0.29, 0.717) is 5.75 Å². The number of ether oxygens (including phenoxy) is 1. The van der Waals surface area contributed by atoms with Crippen LogP contribution in [0.1, 0.15) is 0 Å². The first-order valence-corrected chi connectivity index (χ1v) is 2.57. The summed E-state index contributed by atoms with van der Waals surface area (Å²) in [7, 11) is 0. The molecule has 1 aromatic carbocycles. The van der Waals surface area contributed by atoms with Gasteiger partial charge in [-0.05, 0) is 12.1 Å². The Morgan fingerprint density at radius 2 is 1.80 bits per heavy atom. The maximum absolute atomic E-state index is 6.47. The summed E-state index contributed by atoms with van der Waals surface area (Å²) in [5.74, 6) is 0.646. The molecule has 0 spiro atoms. The molecule has 44 valence electrons. The van der Waals surface area contributed by atoms with Crippen molar-refractivity contribution in [3.63, 3.8) is 0 Å². The summed E-state index contributed by atoms with van der Waals surface area (Å²) < 4.78 is 4.62. The summed E-state index contributed by atoms with van der Waals surface area (Å²) in [4.78, 5) is 0. The predicted molar refractivity (Wildman–Crippen MR) is 34.2 cm³/mol. The minimum atomic E-state index is 0. The molecule has 0 unspecified atom stereocenters. The van der Waals surface area contributed by atoms with Crippen LogP contribution in [0.25, 0.3) is 0 Å². The van der Waals surface area contributed by atoms with Gasteiger partial charge < -0.3 is 11.2 Å². The number of hydrogen-bond acceptors (Lipinski definition) is 1. The molecule has 2 heteroatoms. The Kier molecular flexibility index (Phi) is 5.29. The second-order valence-corrected chi connectivity index (χ2v) is 1.52. The predicted octanol–water partition coefficient (Wildman–Crippen LogP) is 1.61. The third-order valence-electron chi connectivity index (χ3n) is 0.912. The van der Waals surface area contributed by atoms with Crippen molar-refractivity contribution in [3.05, 3.63) is 36.8 Å². The fourth-order valence-electron chi connectivity index (χ4n) is 0.547. The van der Waals surface area contributed by atoms with E-state index < -0.39 is 0 Å². The summed E-state index contributed by atoms with van der Waals surface area (Å²) in [6.07, 6.45) is 8.30. The van der Waals surface area contributed by atoms with Crippen molar-refractivity contribution in [1.29, 1.82) is 0 Å². The Balaban J connectivity index is 0.000000810. The van der Waals surface area contributed by atoms with Gasteiger partial charge in [-0.15, -0.1) is 6.11 Å². The molecular formula is C8H5OY+2. The monoisotopic (exact) mass is 206 g/mol. The molecule has 0 radical (unpaired) electrons. The van der Waals surface area contributed by atoms with Gasteiger partial charge in [-0.25, -0.2) is 0 Å². The molecule has 0 aliphatic heterocycles. The minimum absolute atomic E-state index is 0. The summed E-state index contributed by atoms with van der Waals surface area (Å²) in [6.45, 7) is 0. The van der Waals surface area contributed by atoms with Gasteiger partial charge in [-0.2, -0.15) is 0 Å². The van der Waals surface area contributed by atoms with E-state index in [1.807, 2.05) is 24.3 Å². The molecule has 0 aliphatic rings. The van der Waals surface area contributed by atoms with Gasteiger partial charge in [0.05, 0.1) is 0 Å². The van der Waals surface area contributed by atoms with Gasteiger partial charge in [-0.3, -0.25) is 0 Å². The third-order valence-corrected chi connectivity index (χ3v) is 0.912. The topological polar surface area (TPSA) is 9.23 Å². The molecule has 0 saturated heterocycles. The Hall–Kier alpha value is -0.316. The molecule has 1 aromatic rings. The van der Waals surface area contributed by atoms with Crippen molar-refractivity contribution >= 4 is 0 Å². The zero-order chi connectivity index (χ0) is 6.53. The van der Waals surface area contributed by atoms with Crippen LogP contribution in [0.5, 0.6) is 5.75 Å². The average Bonchev–Trinajstić information content (AvgIpc) is 1.91. The Labute approximate surface area is 85.7 Å². The first-order valence-electron chi connectivity index (χ1n) is 2.57. The van der Waals surface area contributed by atoms with E-state index in [1.165, 1.54) is 0 Å². The van der Waals surface area contributed by atoms with Crippen molar-refractivity contribution in [1.82, 2.24) is 0 Å². The van der Waals surface area contributed by atoms with Gasteiger partial charge in [0.25, 0.3) is 0 Å². The largest absolute Gasteiger partial charge is 3.00 e. The molecule has 10 heavy (non-hydrogen) atoms. The van der Waals surface area contributed by atoms with Gasteiger partial charge in [0, 0.05) is 0 Å². The summed E-state index contributed by atoms with van der Waals surface area (Å²) in [5.41, 5.74) is 0. The number of benzene rings is 1. The van der Waals surface area contributed by atoms with E-state index in [4.69, 9.17) is 6.42 Å². The van der Waals surface area contributed by atoms with Crippen molar-refractivity contribution in [3.8, 4) is 11.9 Å². The minimum Gasteiger partial charge on any atom is -0.647 e. The zero-order valence-corrected chi connectivity index (χ0v) is 8.21. The Morgan fingerprint density at radius 3 is 2.30 bits per heavy atom. The van der Waals surface area contributed by atoms with Gasteiger partial charge in [0.15, 0.2) is 0 Å². The summed E-state index contributed by atoms with van der Waals surface area (Å²) in [6, 6.07) is 9.10. The molecule has 0 bridgehead atoms. The molecule has 0 saturated carbocycles. The normalized spacial score (nSPS) is 7.10. The summed E-state index contributed by atoms with van der Waals surface area (Å²) >= 11 is 0. The van der Waals surface area contributed by atoms with E-state index in [1.54, 1.807) is 12.1 Å². The van der Waals surface area contributed by atoms with Crippen LogP contribution in [-0.2, 0) is 32.7 Å². The van der Waals surface area contributed by atoms with E-state index in [-0.39, 0.29) is 32.7 Å². The van der Waals surface area contributed by atoms with Crippen molar-refractivity contribution in [2.75, 3.05) is 0 Å². The standard InChI is InChI=1S/C8H5O.Y/c1-2-9-8-6-4-3-5-7-8;/h3-7H;/q-1;+3. The quantitative estimate of drug-likeness (QED) is 0.501. The zero-order valence-electron chi connectivity index (χ0n) is 5.37. The van der Waals surface area contributed by atoms with Crippen LogP contribution in [0.2, 0.25) is 0 Å². The van der Waals surface area contributed by atoms with Gasteiger partial charge in [0.1, 0.15) is 5.75 Å². The number of para-hydroxylation sites is 1. The van der Waals surface area contributed by atoms with E-state index in [0.717, 1.165) is 0 Å². The maximum atomic E-state index is 6.47. The second-order valence-electron chi connectivity index (χ2n) is 1.52. The van der Waals surface area contributed by atoms with E-state index in [2.05, 4.69) is 4.74 Å². The number of hydrogen-bond donors (Lipinski definition) is 0. The first kappa shape index (κ1) is 9.68. The van der Waals surface area contributed by atoms with Crippen LogP contribution in [0.3, 0.4) is 0 Å². The average molecular weight is 206 g/mol. The molecule has 0 N–H and O–H groups in total. The Bertz CT molecular complexity index is 212. The van der Waals surface area contributed by atoms with Crippen LogP contribution in [0.4, 0.5) is 0 Å². The van der Waals surface area contributed by atoms with Gasteiger partial charge >= 0.3 is 32.7 Å². The molecule has 0 heterocycles. The molecule has 0 aromatic heterocycles. The van der Waals surface area contributed by atoms with Crippen LogP contribution in [0, 0.1) is 12.5 Å². The third kappa shape index (κ3) is 3.01. The number of rotatable bonds is 1. The molecule has 0 atom stereocenters. The van der Waals surface area contributed by atoms with Crippen molar-refractivity contribution < 1.29 is 37.4 Å². The molecule has 0 fully saturated rings. The van der Waals surface area contributed by atoms with E-state index >= 15 is 0 Å². The fraction of sp³-hybridized carbons (Fsp3) is 0. The van der Waals surface area contributed by atoms with E-state index in [9.17, 15) is 0 Å². The fourth-order valence-corrected chi connectivity index (χ4v) is 0.547. The molecule has 1 nitrogen and oxygen atoms in total. The molecule has 0 aliphatic carbocycles. The molecule has 1 rings (SSSR count). The maximum Gasteiger partial charge on any atom is 3.00 e. The van der Waals surface area contributed by atoms with Crippen LogP contribution >= 0.6 is 0 Å². The SMILES string of the molecule is [C-]#COc1ccccc1.[Y+3]. The van der Waals surface area contributed by atoms with Crippen LogP contribution in [0.15, 0.2) is 30.3 Å². The Morgan fingerprint density at radius 1 is 1.20 bits per heavy atom. The van der Waals surface area contributed by atoms with Crippen molar-refractivity contribution in [2.24, 2.45) is 0 Å². The first-order chi connectivity index (χ1) is 4.43. The van der Waals surface area contributed by atoms with Crippen LogP contribution in [-0.4, -0.2) is 0 Å². The smallest absolute Gasteiger partial charge is 0.647 e. The molecule has 0 amide bonds. The van der Waals surface area contributed by atoms with Gasteiger partial charge in [-0.1, -0.05) is 18.2 Å².